The van der Waals surface area contributed by atoms with E-state index in [2.05, 4.69) is 21.3 Å². The average Bonchev–Trinajstić information content (AvgIpc) is 3.27. The summed E-state index contributed by atoms with van der Waals surface area (Å²) in [5.41, 5.74) is 1.13. The molecular formula is C22H29IN4O3. The summed E-state index contributed by atoms with van der Waals surface area (Å²) in [6.07, 6.45) is 5.43. The summed E-state index contributed by atoms with van der Waals surface area (Å²) in [6.45, 7) is 3.39. The first kappa shape index (κ1) is 22.5. The van der Waals surface area contributed by atoms with Crippen molar-refractivity contribution in [3.05, 3.63) is 54.0 Å². The maximum absolute atomic E-state index is 12.4. The fourth-order valence-corrected chi connectivity index (χ4v) is 3.62. The number of rotatable bonds is 5. The number of guanidine groups is 1. The second-order valence-electron chi connectivity index (χ2n) is 7.44. The zero-order valence-electron chi connectivity index (χ0n) is 17.3. The quantitative estimate of drug-likeness (QED) is 0.369. The highest BCUT2D eigenvalue weighted by Gasteiger charge is 2.25. The second-order valence-corrected chi connectivity index (χ2v) is 7.44. The van der Waals surface area contributed by atoms with Gasteiger partial charge in [0.05, 0.1) is 12.4 Å². The minimum absolute atomic E-state index is 0. The van der Waals surface area contributed by atoms with Gasteiger partial charge < -0.3 is 24.3 Å². The molecule has 1 saturated carbocycles. The van der Waals surface area contributed by atoms with Gasteiger partial charge in [-0.3, -0.25) is 9.79 Å². The summed E-state index contributed by atoms with van der Waals surface area (Å²) in [7, 11) is 1.79. The van der Waals surface area contributed by atoms with Crippen LogP contribution in [0.5, 0.6) is 5.75 Å². The van der Waals surface area contributed by atoms with Gasteiger partial charge in [0, 0.05) is 45.3 Å². The average molecular weight is 524 g/mol. The molecule has 2 aliphatic rings. The predicted octanol–water partition coefficient (Wildman–Crippen LogP) is 3.36. The number of halogens is 1. The molecule has 0 spiro atoms. The van der Waals surface area contributed by atoms with E-state index in [-0.39, 0.29) is 29.9 Å². The molecule has 0 atom stereocenters. The third-order valence-electron chi connectivity index (χ3n) is 5.57. The van der Waals surface area contributed by atoms with E-state index >= 15 is 0 Å². The summed E-state index contributed by atoms with van der Waals surface area (Å²) in [4.78, 5) is 20.9. The summed E-state index contributed by atoms with van der Waals surface area (Å²) >= 11 is 0. The van der Waals surface area contributed by atoms with Crippen molar-refractivity contribution in [3.8, 4) is 5.75 Å². The lowest BCUT2D eigenvalue weighted by Gasteiger charge is -2.36. The molecule has 1 aromatic carbocycles. The molecule has 1 aliphatic carbocycles. The van der Waals surface area contributed by atoms with E-state index in [0.29, 0.717) is 31.5 Å². The van der Waals surface area contributed by atoms with E-state index in [1.54, 1.807) is 19.2 Å². The molecule has 162 valence electrons. The van der Waals surface area contributed by atoms with Crippen LogP contribution in [0.1, 0.15) is 35.4 Å². The van der Waals surface area contributed by atoms with Gasteiger partial charge in [-0.05, 0) is 37.5 Å². The lowest BCUT2D eigenvalue weighted by Crippen LogP contribution is -2.53. The number of piperazine rings is 1. The summed E-state index contributed by atoms with van der Waals surface area (Å²) in [5.74, 6) is 2.13. The van der Waals surface area contributed by atoms with Gasteiger partial charge in [0.2, 0.25) is 0 Å². The normalized spacial score (nSPS) is 17.2. The molecular weight excluding hydrogens is 495 g/mol. The van der Waals surface area contributed by atoms with Crippen molar-refractivity contribution >= 4 is 35.8 Å². The van der Waals surface area contributed by atoms with Crippen molar-refractivity contribution in [2.75, 3.05) is 33.2 Å². The van der Waals surface area contributed by atoms with Gasteiger partial charge in [0.15, 0.2) is 11.7 Å². The van der Waals surface area contributed by atoms with E-state index in [4.69, 9.17) is 9.15 Å². The Balaban J connectivity index is 0.00000256. The van der Waals surface area contributed by atoms with E-state index < -0.39 is 0 Å². The van der Waals surface area contributed by atoms with Gasteiger partial charge in [-0.1, -0.05) is 18.2 Å². The molecule has 2 fully saturated rings. The molecule has 1 saturated heterocycles. The van der Waals surface area contributed by atoms with Gasteiger partial charge in [0.1, 0.15) is 5.75 Å². The van der Waals surface area contributed by atoms with E-state index in [9.17, 15) is 4.79 Å². The minimum atomic E-state index is -0.0559. The molecule has 30 heavy (non-hydrogen) atoms. The first-order valence-electron chi connectivity index (χ1n) is 10.3. The standard InChI is InChI=1S/C22H28N4O3.HI/c1-23-22(24-16-17-6-2-3-9-19(17)29-18-7-4-8-18)26-13-11-25(12-14-26)21(27)20-10-5-15-28-20;/h2-3,5-6,9-10,15,18H,4,7-8,11-14,16H2,1H3,(H,23,24);1H. The molecule has 8 heteroatoms. The van der Waals surface area contributed by atoms with Gasteiger partial charge in [-0.15, -0.1) is 24.0 Å². The van der Waals surface area contributed by atoms with Gasteiger partial charge in [-0.2, -0.15) is 0 Å². The molecule has 0 bridgehead atoms. The maximum Gasteiger partial charge on any atom is 0.289 e. The van der Waals surface area contributed by atoms with Gasteiger partial charge in [0.25, 0.3) is 5.91 Å². The van der Waals surface area contributed by atoms with Crippen LogP contribution in [0.25, 0.3) is 0 Å². The number of hydrogen-bond donors (Lipinski definition) is 1. The Bertz CT molecular complexity index is 844. The zero-order chi connectivity index (χ0) is 20.1. The number of nitrogens with zero attached hydrogens (tertiary/aromatic N) is 3. The lowest BCUT2D eigenvalue weighted by molar-refractivity contribution is 0.0657. The monoisotopic (exact) mass is 524 g/mol. The highest BCUT2D eigenvalue weighted by molar-refractivity contribution is 14.0. The highest BCUT2D eigenvalue weighted by atomic mass is 127. The zero-order valence-corrected chi connectivity index (χ0v) is 19.6. The van der Waals surface area contributed by atoms with Gasteiger partial charge in [-0.25, -0.2) is 0 Å². The SMILES string of the molecule is CN=C(NCc1ccccc1OC1CCC1)N1CCN(C(=O)c2ccco2)CC1.I. The van der Waals surface area contributed by atoms with Crippen molar-refractivity contribution in [3.63, 3.8) is 0 Å². The van der Waals surface area contributed by atoms with Crippen molar-refractivity contribution in [2.24, 2.45) is 4.99 Å². The van der Waals surface area contributed by atoms with Crippen LogP contribution in [0.4, 0.5) is 0 Å². The van der Waals surface area contributed by atoms with Crippen LogP contribution in [-0.2, 0) is 6.54 Å². The number of nitrogens with one attached hydrogen (secondary N) is 1. The number of benzene rings is 1. The van der Waals surface area contributed by atoms with Crippen LogP contribution >= 0.6 is 24.0 Å². The number of aliphatic imine (C=N–C) groups is 1. The smallest absolute Gasteiger partial charge is 0.289 e. The third-order valence-corrected chi connectivity index (χ3v) is 5.57. The molecule has 1 aliphatic heterocycles. The van der Waals surface area contributed by atoms with Crippen molar-refractivity contribution in [1.29, 1.82) is 0 Å². The Labute approximate surface area is 194 Å². The van der Waals surface area contributed by atoms with Crippen LogP contribution in [0, 0.1) is 0 Å². The number of furan rings is 1. The maximum atomic E-state index is 12.4. The number of carbonyl (C=O) groups excluding carboxylic acids is 1. The first-order valence-corrected chi connectivity index (χ1v) is 10.3. The number of para-hydroxylation sites is 1. The summed E-state index contributed by atoms with van der Waals surface area (Å²) < 4.78 is 11.4. The molecule has 1 N–H and O–H groups in total. The molecule has 0 radical (unpaired) electrons. The Morgan fingerprint density at radius 3 is 2.50 bits per heavy atom. The van der Waals surface area contributed by atoms with E-state index in [1.165, 1.54) is 12.7 Å². The molecule has 2 heterocycles. The van der Waals surface area contributed by atoms with Crippen molar-refractivity contribution in [2.45, 2.75) is 31.9 Å². The largest absolute Gasteiger partial charge is 0.490 e. The van der Waals surface area contributed by atoms with Crippen LogP contribution in [0.3, 0.4) is 0 Å². The van der Waals surface area contributed by atoms with Crippen LogP contribution in [0.2, 0.25) is 0 Å². The van der Waals surface area contributed by atoms with Crippen molar-refractivity contribution in [1.82, 2.24) is 15.1 Å². The molecule has 0 unspecified atom stereocenters. The Kier molecular flexibility index (Phi) is 8.01. The van der Waals surface area contributed by atoms with Crippen LogP contribution in [0.15, 0.2) is 52.1 Å². The number of amides is 1. The summed E-state index contributed by atoms with van der Waals surface area (Å²) in [6, 6.07) is 11.6. The Morgan fingerprint density at radius 1 is 1.13 bits per heavy atom. The predicted molar refractivity (Wildman–Crippen MR) is 127 cm³/mol. The Morgan fingerprint density at radius 2 is 1.87 bits per heavy atom. The second kappa shape index (κ2) is 10.7. The molecule has 2 aromatic rings. The van der Waals surface area contributed by atoms with Crippen LogP contribution in [-0.4, -0.2) is 61.0 Å². The number of hydrogen-bond acceptors (Lipinski definition) is 4. The fourth-order valence-electron chi connectivity index (χ4n) is 3.62. The minimum Gasteiger partial charge on any atom is -0.490 e. The highest BCUT2D eigenvalue weighted by Crippen LogP contribution is 2.27. The lowest BCUT2D eigenvalue weighted by atomic mass is 9.96. The molecule has 1 aromatic heterocycles. The van der Waals surface area contributed by atoms with Crippen molar-refractivity contribution < 1.29 is 13.9 Å². The first-order chi connectivity index (χ1) is 14.2. The van der Waals surface area contributed by atoms with Gasteiger partial charge >= 0.3 is 0 Å². The fraction of sp³-hybridized carbons (Fsp3) is 0.455. The topological polar surface area (TPSA) is 70.3 Å². The van der Waals surface area contributed by atoms with E-state index in [1.807, 2.05) is 23.1 Å². The summed E-state index contributed by atoms with van der Waals surface area (Å²) in [5, 5.41) is 3.45. The molecule has 4 rings (SSSR count). The third kappa shape index (κ3) is 5.27. The molecule has 1 amide bonds. The van der Waals surface area contributed by atoms with Crippen LogP contribution < -0.4 is 10.1 Å². The van der Waals surface area contributed by atoms with E-state index in [0.717, 1.165) is 43.2 Å². The molecule has 7 nitrogen and oxygen atoms in total. The Hall–Kier alpha value is -2.23. The number of ether oxygens (including phenoxy) is 1. The number of carbonyl (C=O) groups is 1.